The number of nitrogen functional groups attached to an aromatic ring is 1. The summed E-state index contributed by atoms with van der Waals surface area (Å²) < 4.78 is 38.3. The van der Waals surface area contributed by atoms with Crippen molar-refractivity contribution in [3.8, 4) is 0 Å². The Hall–Kier alpha value is -1.29. The van der Waals surface area contributed by atoms with Crippen molar-refractivity contribution in [2.45, 2.75) is 55.2 Å². The number of ether oxygens (including phenoxy) is 2. The number of aliphatic hydroxyl groups excluding tert-OH is 6. The topological polar surface area (TPSA) is 295 Å². The maximum absolute atomic E-state index is 12.4. The highest BCUT2D eigenvalue weighted by atomic mass is 32.5. The maximum Gasteiger partial charge on any atom is 0.481 e. The van der Waals surface area contributed by atoms with Gasteiger partial charge in [0.25, 0.3) is 0 Å². The second-order valence-electron chi connectivity index (χ2n) is 8.25. The Morgan fingerprint density at radius 3 is 2.37 bits per heavy atom. The van der Waals surface area contributed by atoms with Crippen molar-refractivity contribution in [1.82, 2.24) is 19.5 Å². The molecule has 7 unspecified atom stereocenters. The van der Waals surface area contributed by atoms with Gasteiger partial charge in [0.2, 0.25) is 0 Å². The van der Waals surface area contributed by atoms with Gasteiger partial charge < -0.3 is 60.2 Å². The molecular weight excluding hydrogens is 580 g/mol. The SMILES string of the molecule is Nc1ncnc2c1ncn2[C@@H]1O[C@H](COP(O)(=S)OP(=O)(O)O[C@@H]2OC(CO)[C@@H](O)C(O)C2O)C(O)C1O. The van der Waals surface area contributed by atoms with Crippen molar-refractivity contribution in [3.05, 3.63) is 12.7 Å². The molecule has 4 rings (SSSR count). The van der Waals surface area contributed by atoms with Crippen LogP contribution in [-0.4, -0.2) is 122 Å². The second kappa shape index (κ2) is 11.3. The number of imidazole rings is 1. The number of phosphoric ester groups is 1. The van der Waals surface area contributed by atoms with E-state index in [1.54, 1.807) is 0 Å². The van der Waals surface area contributed by atoms with Crippen LogP contribution < -0.4 is 5.73 Å². The van der Waals surface area contributed by atoms with Crippen molar-refractivity contribution < 1.29 is 67.8 Å². The summed E-state index contributed by atoms with van der Waals surface area (Å²) in [4.78, 5) is 32.1. The number of aliphatic hydroxyl groups is 6. The van der Waals surface area contributed by atoms with Crippen LogP contribution >= 0.6 is 14.5 Å². The van der Waals surface area contributed by atoms with Crippen molar-refractivity contribution in [2.75, 3.05) is 18.9 Å². The molecule has 22 heteroatoms. The van der Waals surface area contributed by atoms with Gasteiger partial charge >= 0.3 is 14.5 Å². The molecule has 2 saturated heterocycles. The van der Waals surface area contributed by atoms with E-state index < -0.39 is 83.0 Å². The second-order valence-corrected chi connectivity index (χ2v) is 12.6. The molecule has 2 fully saturated rings. The average molecular weight is 605 g/mol. The van der Waals surface area contributed by atoms with Gasteiger partial charge in [-0.2, -0.15) is 0 Å². The number of rotatable bonds is 9. The number of hydrogen-bond acceptors (Lipinski definition) is 17. The zero-order valence-corrected chi connectivity index (χ0v) is 21.6. The van der Waals surface area contributed by atoms with E-state index in [1.165, 1.54) is 10.9 Å². The maximum atomic E-state index is 12.4. The Bertz CT molecular complexity index is 1240. The van der Waals surface area contributed by atoms with Crippen LogP contribution in [0.15, 0.2) is 12.7 Å². The summed E-state index contributed by atoms with van der Waals surface area (Å²) in [7, 11) is -5.36. The first kappa shape index (κ1) is 29.7. The lowest BCUT2D eigenvalue weighted by atomic mass is 10.00. The van der Waals surface area contributed by atoms with Crippen LogP contribution in [0.4, 0.5) is 5.82 Å². The normalized spacial score (nSPS) is 37.2. The third-order valence-electron chi connectivity index (χ3n) is 5.69. The zero-order chi connectivity index (χ0) is 28.0. The molecule has 0 spiro atoms. The molecule has 0 amide bonds. The average Bonchev–Trinajstić information content (AvgIpc) is 3.39. The van der Waals surface area contributed by atoms with Gasteiger partial charge in [-0.05, 0) is 11.8 Å². The third-order valence-corrected chi connectivity index (χ3v) is 9.21. The summed E-state index contributed by atoms with van der Waals surface area (Å²) >= 11 is 4.70. The lowest BCUT2D eigenvalue weighted by Gasteiger charge is -2.39. The van der Waals surface area contributed by atoms with Gasteiger partial charge in [-0.3, -0.25) is 9.09 Å². The molecule has 10 N–H and O–H groups in total. The van der Waals surface area contributed by atoms with E-state index in [-0.39, 0.29) is 17.0 Å². The fourth-order valence-electron chi connectivity index (χ4n) is 3.78. The van der Waals surface area contributed by atoms with Gasteiger partial charge in [0.05, 0.1) is 19.5 Å². The Morgan fingerprint density at radius 2 is 1.68 bits per heavy atom. The fraction of sp³-hybridized carbons (Fsp3) is 0.688. The smallest absolute Gasteiger partial charge is 0.394 e. The first-order chi connectivity index (χ1) is 17.7. The molecule has 0 bridgehead atoms. The number of anilines is 1. The molecule has 2 aliphatic rings. The summed E-state index contributed by atoms with van der Waals surface area (Å²) in [5.74, 6) is 0.0687. The minimum atomic E-state index is -5.36. The first-order valence-electron chi connectivity index (χ1n) is 10.7. The van der Waals surface area contributed by atoms with Crippen LogP contribution in [0.5, 0.6) is 0 Å². The highest BCUT2D eigenvalue weighted by Crippen LogP contribution is 2.61. The van der Waals surface area contributed by atoms with Crippen molar-refractivity contribution in [3.63, 3.8) is 0 Å². The Balaban J connectivity index is 1.38. The summed E-state index contributed by atoms with van der Waals surface area (Å²) in [5, 5.41) is 59.5. The summed E-state index contributed by atoms with van der Waals surface area (Å²) in [6.45, 7) is -6.18. The minimum Gasteiger partial charge on any atom is -0.394 e. The molecular formula is C16H25N5O14P2S. The molecule has 11 atom stereocenters. The number of nitrogens with two attached hydrogens (primary N) is 1. The van der Waals surface area contributed by atoms with Gasteiger partial charge in [-0.25, -0.2) is 23.8 Å². The Kier molecular flexibility index (Phi) is 8.83. The Labute approximate surface area is 217 Å². The summed E-state index contributed by atoms with van der Waals surface area (Å²) in [5.41, 5.74) is 6.15. The summed E-state index contributed by atoms with van der Waals surface area (Å²) in [6.07, 6.45) is -12.5. The number of aromatic nitrogens is 4. The molecule has 2 aliphatic heterocycles. The van der Waals surface area contributed by atoms with Gasteiger partial charge in [-0.15, -0.1) is 0 Å². The lowest BCUT2D eigenvalue weighted by molar-refractivity contribution is -0.280. The van der Waals surface area contributed by atoms with Gasteiger partial charge in [0, 0.05) is 0 Å². The Morgan fingerprint density at radius 1 is 1.00 bits per heavy atom. The molecule has 214 valence electrons. The van der Waals surface area contributed by atoms with E-state index in [4.69, 9.17) is 31.5 Å². The molecule has 0 saturated carbocycles. The van der Waals surface area contributed by atoms with Crippen LogP contribution in [-0.2, 0) is 39.2 Å². The van der Waals surface area contributed by atoms with E-state index >= 15 is 0 Å². The molecule has 0 radical (unpaired) electrons. The molecule has 2 aromatic heterocycles. The quantitative estimate of drug-likeness (QED) is 0.124. The standard InChI is InChI=1S/C16H25N5O14P2S/c17-13-7-14(19-3-18-13)21(4-20-7)15-11(26)9(24)6(32-15)2-31-37(30,38)35-36(28,29)34-16-12(27)10(25)8(23)5(1-22)33-16/h3-6,8-12,15-16,22-27H,1-2H2,(H,28,29)(H,30,38)(H2,17,18,19)/t5?,6-,8-,9?,10?,11?,12?,15-,16+,37?/m1/s1. The highest BCUT2D eigenvalue weighted by Gasteiger charge is 2.49. The monoisotopic (exact) mass is 605 g/mol. The van der Waals surface area contributed by atoms with E-state index in [9.17, 15) is 45.0 Å². The van der Waals surface area contributed by atoms with Crippen LogP contribution in [0.1, 0.15) is 6.23 Å². The molecule has 0 aromatic carbocycles. The number of hydrogen-bond donors (Lipinski definition) is 9. The molecule has 0 aliphatic carbocycles. The molecule has 19 nitrogen and oxygen atoms in total. The van der Waals surface area contributed by atoms with Crippen molar-refractivity contribution >= 4 is 43.3 Å². The van der Waals surface area contributed by atoms with Gasteiger partial charge in [-0.1, -0.05) is 0 Å². The van der Waals surface area contributed by atoms with Crippen molar-refractivity contribution in [2.24, 2.45) is 0 Å². The molecule has 2 aromatic rings. The summed E-state index contributed by atoms with van der Waals surface area (Å²) in [6, 6.07) is 0. The highest BCUT2D eigenvalue weighted by molar-refractivity contribution is 8.08. The van der Waals surface area contributed by atoms with E-state index in [0.29, 0.717) is 0 Å². The lowest BCUT2D eigenvalue weighted by Crippen LogP contribution is -2.58. The predicted molar refractivity (Wildman–Crippen MR) is 124 cm³/mol. The van der Waals surface area contributed by atoms with Gasteiger partial charge in [0.15, 0.2) is 24.0 Å². The molecule has 38 heavy (non-hydrogen) atoms. The van der Waals surface area contributed by atoms with Gasteiger partial charge in [0.1, 0.15) is 54.6 Å². The number of nitrogens with zero attached hydrogens (tertiary/aromatic N) is 4. The third kappa shape index (κ3) is 6.06. The number of fused-ring (bicyclic) bond motifs is 1. The fourth-order valence-corrected chi connectivity index (χ4v) is 6.88. The van der Waals surface area contributed by atoms with Crippen molar-refractivity contribution in [1.29, 1.82) is 0 Å². The van der Waals surface area contributed by atoms with E-state index in [1.807, 2.05) is 0 Å². The van der Waals surface area contributed by atoms with Crippen LogP contribution in [0.25, 0.3) is 11.2 Å². The minimum absolute atomic E-state index is 0.0687. The largest absolute Gasteiger partial charge is 0.481 e. The van der Waals surface area contributed by atoms with E-state index in [0.717, 1.165) is 6.33 Å². The predicted octanol–water partition coefficient (Wildman–Crippen LogP) is -3.81. The molecule has 4 heterocycles. The first-order valence-corrected chi connectivity index (χ1v) is 14.8. The van der Waals surface area contributed by atoms with Crippen LogP contribution in [0, 0.1) is 0 Å². The zero-order valence-electron chi connectivity index (χ0n) is 19.0. The van der Waals surface area contributed by atoms with Crippen LogP contribution in [0.2, 0.25) is 0 Å². The van der Waals surface area contributed by atoms with E-state index in [2.05, 4.69) is 23.8 Å². The number of phosphoric acid groups is 1. The van der Waals surface area contributed by atoms with Crippen LogP contribution in [0.3, 0.4) is 0 Å².